The van der Waals surface area contributed by atoms with Crippen LogP contribution in [0.3, 0.4) is 0 Å². The molecule has 11 nitrogen and oxygen atoms in total. The SMILES string of the molecule is CCOC(=O)[C@@H]1[C@H]2O[C@@]3(CC2Br)[C@H](C(=O)NCn2nnc4ccccc42)N([C@@H](CO)C(C)C)C(=O)[C@@H]13. The van der Waals surface area contributed by atoms with Crippen LogP contribution < -0.4 is 5.32 Å². The van der Waals surface area contributed by atoms with Gasteiger partial charge in [-0.25, -0.2) is 4.68 Å². The number of carbonyl (C=O) groups is 3. The van der Waals surface area contributed by atoms with Crippen molar-refractivity contribution in [1.29, 1.82) is 0 Å². The summed E-state index contributed by atoms with van der Waals surface area (Å²) in [6.45, 7) is 5.35. The maximum absolute atomic E-state index is 13.9. The molecule has 0 radical (unpaired) electrons. The van der Waals surface area contributed by atoms with Crippen LogP contribution in [0.4, 0.5) is 0 Å². The number of alkyl halides is 1. The van der Waals surface area contributed by atoms with E-state index in [9.17, 15) is 19.5 Å². The van der Waals surface area contributed by atoms with Gasteiger partial charge < -0.3 is 24.8 Å². The zero-order chi connectivity index (χ0) is 25.8. The molecule has 2 aromatic rings. The molecule has 3 saturated heterocycles. The van der Waals surface area contributed by atoms with Crippen LogP contribution in [-0.4, -0.2) is 84.6 Å². The predicted molar refractivity (Wildman–Crippen MR) is 131 cm³/mol. The number of nitrogens with zero attached hydrogens (tertiary/aromatic N) is 4. The molecule has 3 aliphatic rings. The molecule has 4 heterocycles. The predicted octanol–water partition coefficient (Wildman–Crippen LogP) is 0.833. The van der Waals surface area contributed by atoms with Gasteiger partial charge in [0.15, 0.2) is 0 Å². The van der Waals surface area contributed by atoms with Gasteiger partial charge in [-0.3, -0.25) is 14.4 Å². The molecule has 2 N–H and O–H groups in total. The molecule has 1 aromatic heterocycles. The van der Waals surface area contributed by atoms with Crippen molar-refractivity contribution in [2.24, 2.45) is 17.8 Å². The first kappa shape index (κ1) is 25.1. The molecule has 1 unspecified atom stereocenters. The van der Waals surface area contributed by atoms with Gasteiger partial charge in [0.25, 0.3) is 0 Å². The summed E-state index contributed by atoms with van der Waals surface area (Å²) in [5.41, 5.74) is 0.231. The first-order valence-electron chi connectivity index (χ1n) is 12.2. The number of halogens is 1. The van der Waals surface area contributed by atoms with E-state index < -0.39 is 47.5 Å². The van der Waals surface area contributed by atoms with Crippen molar-refractivity contribution >= 4 is 44.7 Å². The number of amides is 2. The van der Waals surface area contributed by atoms with E-state index in [4.69, 9.17) is 9.47 Å². The van der Waals surface area contributed by atoms with E-state index in [0.29, 0.717) is 11.9 Å². The minimum absolute atomic E-state index is 0.0343. The molecular weight excluding hydrogens is 534 g/mol. The number of rotatable bonds is 8. The minimum Gasteiger partial charge on any atom is -0.466 e. The van der Waals surface area contributed by atoms with E-state index in [1.165, 1.54) is 4.90 Å². The number of fused-ring (bicyclic) bond motifs is 2. The van der Waals surface area contributed by atoms with E-state index >= 15 is 0 Å². The number of aromatic nitrogens is 3. The maximum Gasteiger partial charge on any atom is 0.312 e. The third-order valence-electron chi connectivity index (χ3n) is 7.67. The molecular formula is C24H30BrN5O6. The van der Waals surface area contributed by atoms with Crippen molar-refractivity contribution in [1.82, 2.24) is 25.2 Å². The van der Waals surface area contributed by atoms with Crippen molar-refractivity contribution in [3.8, 4) is 0 Å². The topological polar surface area (TPSA) is 136 Å². The van der Waals surface area contributed by atoms with Crippen LogP contribution >= 0.6 is 15.9 Å². The highest BCUT2D eigenvalue weighted by Gasteiger charge is 2.77. The lowest BCUT2D eigenvalue weighted by atomic mass is 9.70. The number of para-hydroxylation sites is 1. The Balaban J connectivity index is 1.51. The summed E-state index contributed by atoms with van der Waals surface area (Å²) in [7, 11) is 0. The second-order valence-corrected chi connectivity index (χ2v) is 11.1. The van der Waals surface area contributed by atoms with Crippen LogP contribution in [0, 0.1) is 17.8 Å². The fourth-order valence-corrected chi connectivity index (χ4v) is 7.08. The van der Waals surface area contributed by atoms with Crippen LogP contribution in [0.1, 0.15) is 27.2 Å². The molecule has 36 heavy (non-hydrogen) atoms. The molecule has 2 bridgehead atoms. The number of likely N-dealkylation sites (tertiary alicyclic amines) is 1. The van der Waals surface area contributed by atoms with Crippen molar-refractivity contribution < 1.29 is 29.0 Å². The third kappa shape index (κ3) is 3.64. The molecule has 0 saturated carbocycles. The summed E-state index contributed by atoms with van der Waals surface area (Å²) >= 11 is 3.62. The highest BCUT2D eigenvalue weighted by Crippen LogP contribution is 2.60. The summed E-state index contributed by atoms with van der Waals surface area (Å²) in [4.78, 5) is 42.0. The Morgan fingerprint density at radius 2 is 2.11 bits per heavy atom. The lowest BCUT2D eigenvalue weighted by Crippen LogP contribution is -2.59. The van der Waals surface area contributed by atoms with Crippen molar-refractivity contribution in [3.63, 3.8) is 0 Å². The Labute approximate surface area is 216 Å². The number of benzene rings is 1. The minimum atomic E-state index is -1.22. The molecule has 2 amide bonds. The zero-order valence-corrected chi connectivity index (χ0v) is 21.9. The van der Waals surface area contributed by atoms with Gasteiger partial charge in [-0.05, 0) is 31.4 Å². The molecule has 7 atom stereocenters. The first-order chi connectivity index (χ1) is 17.2. The number of hydrogen-bond acceptors (Lipinski definition) is 8. The van der Waals surface area contributed by atoms with Gasteiger partial charge in [0.05, 0.1) is 42.7 Å². The van der Waals surface area contributed by atoms with Gasteiger partial charge in [-0.1, -0.05) is 47.1 Å². The Kier molecular flexibility index (Phi) is 6.54. The van der Waals surface area contributed by atoms with Crippen molar-refractivity contribution in [2.45, 2.75) is 62.5 Å². The van der Waals surface area contributed by atoms with Gasteiger partial charge in [0.1, 0.15) is 23.8 Å². The van der Waals surface area contributed by atoms with Gasteiger partial charge in [0, 0.05) is 4.83 Å². The van der Waals surface area contributed by atoms with Crippen LogP contribution in [0.25, 0.3) is 11.0 Å². The van der Waals surface area contributed by atoms with Crippen LogP contribution in [0.2, 0.25) is 0 Å². The normalized spacial score (nSPS) is 31.8. The molecule has 3 aliphatic heterocycles. The fourth-order valence-electron chi connectivity index (χ4n) is 6.14. The number of hydrogen-bond donors (Lipinski definition) is 2. The number of nitrogens with one attached hydrogen (secondary N) is 1. The largest absolute Gasteiger partial charge is 0.466 e. The highest BCUT2D eigenvalue weighted by molar-refractivity contribution is 9.09. The molecule has 3 fully saturated rings. The quantitative estimate of drug-likeness (QED) is 0.356. The molecule has 5 rings (SSSR count). The second-order valence-electron chi connectivity index (χ2n) is 9.93. The zero-order valence-electron chi connectivity index (χ0n) is 20.3. The lowest BCUT2D eigenvalue weighted by molar-refractivity contribution is -0.155. The number of aliphatic hydroxyl groups is 1. The monoisotopic (exact) mass is 563 g/mol. The van der Waals surface area contributed by atoms with Gasteiger partial charge in [-0.15, -0.1) is 5.10 Å². The summed E-state index contributed by atoms with van der Waals surface area (Å²) < 4.78 is 13.3. The lowest BCUT2D eigenvalue weighted by Gasteiger charge is -2.38. The Morgan fingerprint density at radius 1 is 1.36 bits per heavy atom. The molecule has 1 spiro atoms. The third-order valence-corrected chi connectivity index (χ3v) is 8.52. The number of aliphatic hydroxyl groups excluding tert-OH is 1. The molecule has 12 heteroatoms. The Bertz CT molecular complexity index is 1190. The Morgan fingerprint density at radius 3 is 2.81 bits per heavy atom. The smallest absolute Gasteiger partial charge is 0.312 e. The second kappa shape index (κ2) is 9.38. The van der Waals surface area contributed by atoms with E-state index in [0.717, 1.165) is 5.52 Å². The van der Waals surface area contributed by atoms with Crippen LogP contribution in [0.15, 0.2) is 24.3 Å². The number of carbonyl (C=O) groups excluding carboxylic acids is 3. The van der Waals surface area contributed by atoms with Crippen molar-refractivity contribution in [3.05, 3.63) is 24.3 Å². The molecule has 194 valence electrons. The Hall–Kier alpha value is -2.57. The summed E-state index contributed by atoms with van der Waals surface area (Å²) in [6, 6.07) is 5.73. The van der Waals surface area contributed by atoms with Gasteiger partial charge in [0.2, 0.25) is 11.8 Å². The number of esters is 1. The fraction of sp³-hybridized carbons (Fsp3) is 0.625. The number of ether oxygens (including phenoxy) is 2. The van der Waals surface area contributed by atoms with E-state index in [2.05, 4.69) is 31.6 Å². The highest BCUT2D eigenvalue weighted by atomic mass is 79.9. The summed E-state index contributed by atoms with van der Waals surface area (Å²) in [5, 5.41) is 21.4. The summed E-state index contributed by atoms with van der Waals surface area (Å²) in [6.07, 6.45) is -0.206. The first-order valence-corrected chi connectivity index (χ1v) is 13.1. The molecule has 1 aromatic carbocycles. The van der Waals surface area contributed by atoms with Crippen molar-refractivity contribution in [2.75, 3.05) is 13.2 Å². The van der Waals surface area contributed by atoms with Gasteiger partial charge >= 0.3 is 5.97 Å². The van der Waals surface area contributed by atoms with E-state index in [1.54, 1.807) is 11.6 Å². The molecule has 0 aliphatic carbocycles. The average Bonchev–Trinajstić information content (AvgIpc) is 3.56. The maximum atomic E-state index is 13.9. The average molecular weight is 564 g/mol. The van der Waals surface area contributed by atoms with Crippen LogP contribution in [0.5, 0.6) is 0 Å². The van der Waals surface area contributed by atoms with E-state index in [1.807, 2.05) is 38.1 Å². The van der Waals surface area contributed by atoms with Crippen LogP contribution in [-0.2, 0) is 30.5 Å². The standard InChI is InChI=1S/C24H30BrN5O6/c1-4-35-23(34)17-18-22(33)30(16(10-31)12(2)3)20(24(18)9-13(25)19(17)36-24)21(32)26-11-29-15-8-6-5-7-14(15)27-28-29/h5-8,12-13,16-20,31H,4,9-11H2,1-3H3,(H,26,32)/t13?,16-,17-,18+,19-,20-,24+/m0/s1. The van der Waals surface area contributed by atoms with E-state index in [-0.39, 0.29) is 36.5 Å². The van der Waals surface area contributed by atoms with Gasteiger partial charge in [-0.2, -0.15) is 0 Å². The summed E-state index contributed by atoms with van der Waals surface area (Å²) in [5.74, 6) is -3.15.